The number of hydrogen-bond acceptors (Lipinski definition) is 1. The lowest BCUT2D eigenvalue weighted by Gasteiger charge is -2.10. The van der Waals surface area contributed by atoms with Gasteiger partial charge >= 0.3 is 0 Å². The van der Waals surface area contributed by atoms with Crippen molar-refractivity contribution in [3.63, 3.8) is 0 Å². The number of aliphatic hydroxyl groups is 1. The van der Waals surface area contributed by atoms with Gasteiger partial charge in [-0.15, -0.1) is 0 Å². The van der Waals surface area contributed by atoms with Crippen molar-refractivity contribution in [2.45, 2.75) is 104 Å². The van der Waals surface area contributed by atoms with Crippen molar-refractivity contribution in [2.75, 3.05) is 6.61 Å². The summed E-state index contributed by atoms with van der Waals surface area (Å²) >= 11 is 0. The monoisotopic (exact) mass is 270 g/mol. The van der Waals surface area contributed by atoms with Crippen molar-refractivity contribution < 1.29 is 5.11 Å². The Labute approximate surface area is 122 Å². The molecule has 0 heterocycles. The first-order chi connectivity index (χ1) is 9.31. The normalized spacial score (nSPS) is 12.8. The molecule has 1 nitrogen and oxygen atoms in total. The Balaban J connectivity index is 3.05. The maximum atomic E-state index is 8.68. The van der Waals surface area contributed by atoms with Crippen LogP contribution in [0.4, 0.5) is 0 Å². The molecule has 0 rings (SSSR count). The second kappa shape index (κ2) is 16.0. The minimum atomic E-state index is 0.371. The minimum Gasteiger partial charge on any atom is -0.396 e. The Hall–Kier alpha value is -0.0400. The van der Waals surface area contributed by atoms with E-state index in [-0.39, 0.29) is 0 Å². The van der Waals surface area contributed by atoms with Crippen molar-refractivity contribution in [3.8, 4) is 0 Å². The zero-order valence-electron chi connectivity index (χ0n) is 13.6. The van der Waals surface area contributed by atoms with Crippen molar-refractivity contribution in [1.29, 1.82) is 0 Å². The lowest BCUT2D eigenvalue weighted by atomic mass is 9.96. The lowest BCUT2D eigenvalue weighted by Crippen LogP contribution is -1.94. The van der Waals surface area contributed by atoms with E-state index in [0.29, 0.717) is 6.61 Å². The van der Waals surface area contributed by atoms with Gasteiger partial charge in [-0.3, -0.25) is 0 Å². The molecule has 0 aliphatic rings. The first-order valence-electron chi connectivity index (χ1n) is 8.92. The molecule has 0 unspecified atom stereocenters. The molecule has 116 valence electrons. The minimum absolute atomic E-state index is 0.371. The highest BCUT2D eigenvalue weighted by atomic mass is 16.2. The fraction of sp³-hybridized carbons (Fsp3) is 1.00. The summed E-state index contributed by atoms with van der Waals surface area (Å²) < 4.78 is 0. The molecule has 0 fully saturated rings. The summed E-state index contributed by atoms with van der Waals surface area (Å²) in [6, 6.07) is 0. The second-order valence-corrected chi connectivity index (χ2v) is 6.30. The molecule has 1 atom stereocenters. The van der Waals surface area contributed by atoms with Gasteiger partial charge in [-0.2, -0.15) is 0 Å². The van der Waals surface area contributed by atoms with Gasteiger partial charge in [0.05, 0.1) is 0 Å². The van der Waals surface area contributed by atoms with Crippen LogP contribution in [0.1, 0.15) is 104 Å². The van der Waals surface area contributed by atoms with E-state index in [4.69, 9.17) is 5.11 Å². The van der Waals surface area contributed by atoms with Gasteiger partial charge in [-0.05, 0) is 12.3 Å². The van der Waals surface area contributed by atoms with Crippen LogP contribution in [0, 0.1) is 5.92 Å². The van der Waals surface area contributed by atoms with E-state index in [1.807, 2.05) is 0 Å². The molecule has 0 radical (unpaired) electrons. The largest absolute Gasteiger partial charge is 0.396 e. The van der Waals surface area contributed by atoms with E-state index in [2.05, 4.69) is 13.8 Å². The fourth-order valence-corrected chi connectivity index (χ4v) is 2.73. The third-order valence-corrected chi connectivity index (χ3v) is 4.16. The Bertz CT molecular complexity index is 156. The van der Waals surface area contributed by atoms with E-state index in [1.54, 1.807) is 0 Å². The molecule has 1 heteroatoms. The van der Waals surface area contributed by atoms with Crippen LogP contribution in [0.2, 0.25) is 0 Å². The highest BCUT2D eigenvalue weighted by Gasteiger charge is 2.01. The van der Waals surface area contributed by atoms with Crippen molar-refractivity contribution in [3.05, 3.63) is 0 Å². The molecule has 0 aromatic carbocycles. The summed E-state index contributed by atoms with van der Waals surface area (Å²) in [5, 5.41) is 8.68. The standard InChI is InChI=1S/C18H38O/c1-3-4-12-15-18(2)16-13-10-8-6-5-7-9-11-14-17-19/h18-19H,3-17H2,1-2H3/t18-/m0/s1. The summed E-state index contributed by atoms with van der Waals surface area (Å²) in [4.78, 5) is 0. The number of aliphatic hydroxyl groups excluding tert-OH is 1. The number of unbranched alkanes of at least 4 members (excludes halogenated alkanes) is 10. The van der Waals surface area contributed by atoms with E-state index >= 15 is 0 Å². The third kappa shape index (κ3) is 15.9. The predicted octanol–water partition coefficient (Wildman–Crippen LogP) is 6.10. The maximum Gasteiger partial charge on any atom is 0.0431 e. The highest BCUT2D eigenvalue weighted by Crippen LogP contribution is 2.17. The van der Waals surface area contributed by atoms with E-state index in [1.165, 1.54) is 83.5 Å². The average molecular weight is 271 g/mol. The topological polar surface area (TPSA) is 20.2 Å². The van der Waals surface area contributed by atoms with E-state index < -0.39 is 0 Å². The molecule has 0 aromatic heterocycles. The SMILES string of the molecule is CCCCC[C@H](C)CCCCCCCCCCCO. The molecule has 0 amide bonds. The van der Waals surface area contributed by atoms with Gasteiger partial charge in [-0.1, -0.05) is 97.3 Å². The zero-order chi connectivity index (χ0) is 14.2. The van der Waals surface area contributed by atoms with Crippen molar-refractivity contribution in [2.24, 2.45) is 5.92 Å². The molecule has 0 aliphatic heterocycles. The molecule has 0 bridgehead atoms. The van der Waals surface area contributed by atoms with E-state index in [9.17, 15) is 0 Å². The fourth-order valence-electron chi connectivity index (χ4n) is 2.73. The summed E-state index contributed by atoms with van der Waals surface area (Å²) in [6.07, 6.45) is 19.1. The summed E-state index contributed by atoms with van der Waals surface area (Å²) in [6.45, 7) is 5.09. The second-order valence-electron chi connectivity index (χ2n) is 6.30. The van der Waals surface area contributed by atoms with Crippen LogP contribution < -0.4 is 0 Å². The van der Waals surface area contributed by atoms with Crippen LogP contribution in [0.25, 0.3) is 0 Å². The molecular formula is C18H38O. The predicted molar refractivity (Wildman–Crippen MR) is 86.6 cm³/mol. The van der Waals surface area contributed by atoms with Gasteiger partial charge in [0.2, 0.25) is 0 Å². The van der Waals surface area contributed by atoms with Crippen LogP contribution in [-0.2, 0) is 0 Å². The molecule has 1 N–H and O–H groups in total. The van der Waals surface area contributed by atoms with Crippen LogP contribution >= 0.6 is 0 Å². The molecule has 0 saturated carbocycles. The molecule has 0 aromatic rings. The third-order valence-electron chi connectivity index (χ3n) is 4.16. The first kappa shape index (κ1) is 19.0. The number of rotatable bonds is 15. The van der Waals surface area contributed by atoms with Gasteiger partial charge in [0, 0.05) is 6.61 Å². The highest BCUT2D eigenvalue weighted by molar-refractivity contribution is 4.55. The summed E-state index contributed by atoms with van der Waals surface area (Å²) in [5.74, 6) is 0.949. The summed E-state index contributed by atoms with van der Waals surface area (Å²) in [7, 11) is 0. The molecule has 19 heavy (non-hydrogen) atoms. The van der Waals surface area contributed by atoms with Crippen molar-refractivity contribution >= 4 is 0 Å². The van der Waals surface area contributed by atoms with Crippen LogP contribution in [0.15, 0.2) is 0 Å². The van der Waals surface area contributed by atoms with Crippen LogP contribution in [0.5, 0.6) is 0 Å². The lowest BCUT2D eigenvalue weighted by molar-refractivity contribution is 0.282. The number of hydrogen-bond donors (Lipinski definition) is 1. The van der Waals surface area contributed by atoms with Gasteiger partial charge < -0.3 is 5.11 Å². The zero-order valence-corrected chi connectivity index (χ0v) is 13.6. The van der Waals surface area contributed by atoms with Gasteiger partial charge in [-0.25, -0.2) is 0 Å². The maximum absolute atomic E-state index is 8.68. The molecule has 0 spiro atoms. The molecule has 0 saturated heterocycles. The van der Waals surface area contributed by atoms with Gasteiger partial charge in [0.1, 0.15) is 0 Å². The van der Waals surface area contributed by atoms with Crippen LogP contribution in [0.3, 0.4) is 0 Å². The smallest absolute Gasteiger partial charge is 0.0431 e. The van der Waals surface area contributed by atoms with Gasteiger partial charge in [0.15, 0.2) is 0 Å². The Morgan fingerprint density at radius 2 is 1.05 bits per heavy atom. The average Bonchev–Trinajstić information content (AvgIpc) is 2.41. The quantitative estimate of drug-likeness (QED) is 0.357. The van der Waals surface area contributed by atoms with Gasteiger partial charge in [0.25, 0.3) is 0 Å². The molecule has 0 aliphatic carbocycles. The Morgan fingerprint density at radius 3 is 1.53 bits per heavy atom. The van der Waals surface area contributed by atoms with E-state index in [0.717, 1.165) is 12.3 Å². The Morgan fingerprint density at radius 1 is 0.632 bits per heavy atom. The molecular weight excluding hydrogens is 232 g/mol. The first-order valence-corrected chi connectivity index (χ1v) is 8.92. The Kier molecular flexibility index (Phi) is 16.0. The van der Waals surface area contributed by atoms with Crippen molar-refractivity contribution in [1.82, 2.24) is 0 Å². The van der Waals surface area contributed by atoms with Crippen LogP contribution in [-0.4, -0.2) is 11.7 Å². The summed E-state index contributed by atoms with van der Waals surface area (Å²) in [5.41, 5.74) is 0.